The average molecular weight is 307 g/mol. The van der Waals surface area contributed by atoms with Crippen LogP contribution in [0, 0.1) is 0 Å². The van der Waals surface area contributed by atoms with Crippen LogP contribution in [0.1, 0.15) is 27.6 Å². The third-order valence-electron chi connectivity index (χ3n) is 2.99. The van der Waals surface area contributed by atoms with Gasteiger partial charge in [0.05, 0.1) is 0 Å². The summed E-state index contributed by atoms with van der Waals surface area (Å²) in [6, 6.07) is 11.8. The molecule has 0 bridgehead atoms. The number of hydrogen-bond donors (Lipinski definition) is 3. The van der Waals surface area contributed by atoms with Crippen LogP contribution in [-0.2, 0) is 10.1 Å². The minimum Gasteiger partial charge on any atom is -0.384 e. The topological polar surface area (TPSA) is 118 Å². The van der Waals surface area contributed by atoms with Crippen LogP contribution in [0.15, 0.2) is 53.4 Å². The molecule has 0 spiro atoms. The predicted molar refractivity (Wildman–Crippen MR) is 75.3 cm³/mol. The van der Waals surface area contributed by atoms with E-state index in [4.69, 9.17) is 5.73 Å². The molecular formula is C14H13NO5S. The van der Waals surface area contributed by atoms with Gasteiger partial charge < -0.3 is 10.8 Å². The van der Waals surface area contributed by atoms with Crippen molar-refractivity contribution in [3.63, 3.8) is 0 Å². The van der Waals surface area contributed by atoms with Gasteiger partial charge in [0.25, 0.3) is 10.1 Å². The normalized spacial score (nSPS) is 12.9. The highest BCUT2D eigenvalue weighted by atomic mass is 32.2. The number of rotatable bonds is 4. The van der Waals surface area contributed by atoms with Crippen LogP contribution in [0.4, 0.5) is 0 Å². The van der Waals surface area contributed by atoms with E-state index < -0.39 is 27.0 Å². The van der Waals surface area contributed by atoms with Crippen molar-refractivity contribution in [1.82, 2.24) is 0 Å². The van der Waals surface area contributed by atoms with Gasteiger partial charge in [-0.15, -0.1) is 0 Å². The van der Waals surface area contributed by atoms with Crippen LogP contribution in [0.2, 0.25) is 0 Å². The molecule has 1 amide bonds. The van der Waals surface area contributed by atoms with E-state index in [1.54, 1.807) is 30.3 Å². The lowest BCUT2D eigenvalue weighted by molar-refractivity contribution is 0.1000. The fraction of sp³-hybridized carbons (Fsp3) is 0.0714. The molecule has 1 atom stereocenters. The van der Waals surface area contributed by atoms with Gasteiger partial charge in [-0.05, 0) is 17.7 Å². The zero-order chi connectivity index (χ0) is 15.6. The smallest absolute Gasteiger partial charge is 0.294 e. The van der Waals surface area contributed by atoms with Gasteiger partial charge in [0, 0.05) is 11.1 Å². The molecule has 0 aliphatic carbocycles. The number of primary amides is 1. The molecule has 2 aromatic carbocycles. The average Bonchev–Trinajstić information content (AvgIpc) is 2.46. The lowest BCUT2D eigenvalue weighted by Crippen LogP contribution is -2.14. The van der Waals surface area contributed by atoms with E-state index >= 15 is 0 Å². The summed E-state index contributed by atoms with van der Waals surface area (Å²) in [5.74, 6) is -0.833. The van der Waals surface area contributed by atoms with E-state index in [9.17, 15) is 22.9 Å². The highest BCUT2D eigenvalue weighted by Crippen LogP contribution is 2.28. The van der Waals surface area contributed by atoms with Crippen molar-refractivity contribution in [1.29, 1.82) is 0 Å². The minimum atomic E-state index is -4.61. The Kier molecular flexibility index (Phi) is 4.08. The summed E-state index contributed by atoms with van der Waals surface area (Å²) >= 11 is 0. The quantitative estimate of drug-likeness (QED) is 0.731. The molecule has 2 rings (SSSR count). The zero-order valence-corrected chi connectivity index (χ0v) is 11.6. The number of aliphatic hydroxyl groups excluding tert-OH is 1. The third kappa shape index (κ3) is 3.27. The van der Waals surface area contributed by atoms with E-state index in [2.05, 4.69) is 0 Å². The number of aliphatic hydroxyl groups is 1. The van der Waals surface area contributed by atoms with Crippen molar-refractivity contribution in [2.45, 2.75) is 11.0 Å². The van der Waals surface area contributed by atoms with Gasteiger partial charge in [0.1, 0.15) is 11.0 Å². The van der Waals surface area contributed by atoms with Crippen molar-refractivity contribution in [3.8, 4) is 0 Å². The van der Waals surface area contributed by atoms with Crippen LogP contribution < -0.4 is 5.73 Å². The van der Waals surface area contributed by atoms with Crippen molar-refractivity contribution >= 4 is 16.0 Å². The molecule has 0 heterocycles. The first kappa shape index (κ1) is 15.2. The van der Waals surface area contributed by atoms with E-state index in [-0.39, 0.29) is 11.1 Å². The second kappa shape index (κ2) is 5.65. The van der Waals surface area contributed by atoms with Crippen LogP contribution in [0.3, 0.4) is 0 Å². The van der Waals surface area contributed by atoms with E-state index in [0.717, 1.165) is 6.07 Å². The second-order valence-electron chi connectivity index (χ2n) is 4.41. The summed E-state index contributed by atoms with van der Waals surface area (Å²) in [7, 11) is -4.61. The summed E-state index contributed by atoms with van der Waals surface area (Å²) in [6.07, 6.45) is -1.26. The van der Waals surface area contributed by atoms with E-state index in [0.29, 0.717) is 5.56 Å². The minimum absolute atomic E-state index is 0.0336. The highest BCUT2D eigenvalue weighted by Gasteiger charge is 2.23. The number of hydrogen-bond acceptors (Lipinski definition) is 4. The summed E-state index contributed by atoms with van der Waals surface area (Å²) in [5.41, 5.74) is 5.43. The van der Waals surface area contributed by atoms with E-state index in [1.807, 2.05) is 0 Å². The Morgan fingerprint density at radius 2 is 1.71 bits per heavy atom. The first-order chi connectivity index (χ1) is 9.80. The largest absolute Gasteiger partial charge is 0.384 e. The number of carbonyl (C=O) groups excluding carboxylic acids is 1. The standard InChI is InChI=1S/C14H13NO5S/c15-14(17)10-6-7-11(12(8-10)21(18,19)20)13(16)9-4-2-1-3-5-9/h1-8,13,16H,(H2,15,17)(H,18,19,20). The molecule has 7 heteroatoms. The molecule has 6 nitrogen and oxygen atoms in total. The Morgan fingerprint density at radius 3 is 2.24 bits per heavy atom. The first-order valence-corrected chi connectivity index (χ1v) is 7.39. The van der Waals surface area contributed by atoms with Gasteiger partial charge in [-0.2, -0.15) is 8.42 Å². The molecule has 4 N–H and O–H groups in total. The highest BCUT2D eigenvalue weighted by molar-refractivity contribution is 7.85. The summed E-state index contributed by atoms with van der Waals surface area (Å²) in [5, 5.41) is 10.3. The summed E-state index contributed by atoms with van der Waals surface area (Å²) in [4.78, 5) is 10.6. The lowest BCUT2D eigenvalue weighted by Gasteiger charge is -2.15. The van der Waals surface area contributed by atoms with Gasteiger partial charge in [-0.25, -0.2) is 0 Å². The molecule has 0 saturated heterocycles. The molecule has 2 aromatic rings. The van der Waals surface area contributed by atoms with Gasteiger partial charge in [0.2, 0.25) is 5.91 Å². The molecule has 0 aliphatic rings. The van der Waals surface area contributed by atoms with Crippen LogP contribution >= 0.6 is 0 Å². The number of nitrogens with two attached hydrogens (primary N) is 1. The molecule has 110 valence electrons. The second-order valence-corrected chi connectivity index (χ2v) is 5.80. The Bertz CT molecular complexity index is 771. The molecule has 0 aliphatic heterocycles. The Labute approximate surface area is 121 Å². The summed E-state index contributed by atoms with van der Waals surface area (Å²) < 4.78 is 32.2. The predicted octanol–water partition coefficient (Wildman–Crippen LogP) is 1.11. The van der Waals surface area contributed by atoms with Gasteiger partial charge in [-0.1, -0.05) is 36.4 Å². The van der Waals surface area contributed by atoms with Crippen LogP contribution in [-0.4, -0.2) is 24.0 Å². The molecule has 0 fully saturated rings. The van der Waals surface area contributed by atoms with Crippen molar-refractivity contribution in [3.05, 3.63) is 65.2 Å². The maximum absolute atomic E-state index is 11.5. The fourth-order valence-corrected chi connectivity index (χ4v) is 2.71. The third-order valence-corrected chi connectivity index (χ3v) is 3.90. The lowest BCUT2D eigenvalue weighted by atomic mass is 10.00. The van der Waals surface area contributed by atoms with Crippen LogP contribution in [0.25, 0.3) is 0 Å². The molecule has 0 radical (unpaired) electrons. The molecule has 0 saturated carbocycles. The van der Waals surface area contributed by atoms with Crippen LogP contribution in [0.5, 0.6) is 0 Å². The molecular weight excluding hydrogens is 294 g/mol. The van der Waals surface area contributed by atoms with Gasteiger partial charge >= 0.3 is 0 Å². The molecule has 1 unspecified atom stereocenters. The van der Waals surface area contributed by atoms with Gasteiger partial charge in [0.15, 0.2) is 0 Å². The molecule has 0 aromatic heterocycles. The number of benzene rings is 2. The van der Waals surface area contributed by atoms with Crippen molar-refractivity contribution < 1.29 is 22.9 Å². The SMILES string of the molecule is NC(=O)c1ccc(C(O)c2ccccc2)c(S(=O)(=O)O)c1. The monoisotopic (exact) mass is 307 g/mol. The number of amides is 1. The summed E-state index contributed by atoms with van der Waals surface area (Å²) in [6.45, 7) is 0. The van der Waals surface area contributed by atoms with Crippen molar-refractivity contribution in [2.24, 2.45) is 5.73 Å². The zero-order valence-electron chi connectivity index (χ0n) is 10.8. The first-order valence-electron chi connectivity index (χ1n) is 5.95. The maximum atomic E-state index is 11.5. The van der Waals surface area contributed by atoms with Crippen molar-refractivity contribution in [2.75, 3.05) is 0 Å². The fourth-order valence-electron chi connectivity index (χ4n) is 1.95. The number of carbonyl (C=O) groups is 1. The Balaban J connectivity index is 2.61. The Hall–Kier alpha value is -2.22. The van der Waals surface area contributed by atoms with Gasteiger partial charge in [-0.3, -0.25) is 9.35 Å². The molecule has 21 heavy (non-hydrogen) atoms. The van der Waals surface area contributed by atoms with E-state index in [1.165, 1.54) is 12.1 Å². The maximum Gasteiger partial charge on any atom is 0.294 e. The Morgan fingerprint density at radius 1 is 1.10 bits per heavy atom.